The molecule has 1 aromatic carbocycles. The average Bonchev–Trinajstić information content (AvgIpc) is 2.85. The number of carboxylic acids is 1. The number of aryl methyl sites for hydroxylation is 1. The van der Waals surface area contributed by atoms with Crippen molar-refractivity contribution in [3.8, 4) is 11.1 Å². The van der Waals surface area contributed by atoms with Crippen LogP contribution in [0.25, 0.3) is 22.0 Å². The van der Waals surface area contributed by atoms with Gasteiger partial charge in [-0.25, -0.2) is 9.18 Å². The van der Waals surface area contributed by atoms with Crippen molar-refractivity contribution in [2.45, 2.75) is 13.3 Å². The molecule has 2 aromatic heterocycles. The van der Waals surface area contributed by atoms with Crippen LogP contribution < -0.4 is 5.56 Å². The summed E-state index contributed by atoms with van der Waals surface area (Å²) < 4.78 is 13.9. The van der Waals surface area contributed by atoms with E-state index in [9.17, 15) is 19.1 Å². The highest BCUT2D eigenvalue weighted by molar-refractivity contribution is 6.07. The van der Waals surface area contributed by atoms with Crippen LogP contribution in [0.15, 0.2) is 35.3 Å². The Hall–Kier alpha value is -2.89. The number of aromatic carboxylic acids is 1. The second-order valence-electron chi connectivity index (χ2n) is 4.94. The van der Waals surface area contributed by atoms with E-state index in [1.807, 2.05) is 6.92 Å². The summed E-state index contributed by atoms with van der Waals surface area (Å²) in [5.74, 6) is -1.60. The monoisotopic (exact) mass is 300 g/mol. The maximum atomic E-state index is 13.9. The van der Waals surface area contributed by atoms with Gasteiger partial charge in [-0.2, -0.15) is 0 Å². The molecule has 0 bridgehead atoms. The van der Waals surface area contributed by atoms with Crippen LogP contribution in [-0.4, -0.2) is 21.0 Å². The highest BCUT2D eigenvalue weighted by atomic mass is 19.1. The minimum Gasteiger partial charge on any atom is -0.477 e. The van der Waals surface area contributed by atoms with Crippen molar-refractivity contribution in [3.05, 3.63) is 57.9 Å². The van der Waals surface area contributed by atoms with E-state index in [0.29, 0.717) is 22.9 Å². The van der Waals surface area contributed by atoms with Gasteiger partial charge in [0, 0.05) is 28.2 Å². The van der Waals surface area contributed by atoms with Crippen LogP contribution in [0.3, 0.4) is 0 Å². The normalized spacial score (nSPS) is 11.0. The number of carbonyl (C=O) groups is 1. The number of rotatable bonds is 3. The number of hydrogen-bond donors (Lipinski definition) is 3. The third-order valence-electron chi connectivity index (χ3n) is 3.65. The molecule has 0 fully saturated rings. The summed E-state index contributed by atoms with van der Waals surface area (Å²) >= 11 is 0. The fourth-order valence-corrected chi connectivity index (χ4v) is 2.59. The molecule has 112 valence electrons. The Balaban J connectivity index is 2.45. The average molecular weight is 300 g/mol. The lowest BCUT2D eigenvalue weighted by Gasteiger charge is -2.03. The van der Waals surface area contributed by atoms with Crippen LogP contribution in [0.4, 0.5) is 4.39 Å². The van der Waals surface area contributed by atoms with Gasteiger partial charge in [-0.3, -0.25) is 4.79 Å². The predicted molar refractivity (Wildman–Crippen MR) is 80.7 cm³/mol. The maximum absolute atomic E-state index is 13.9. The van der Waals surface area contributed by atoms with Crippen molar-refractivity contribution < 1.29 is 14.3 Å². The molecule has 6 heteroatoms. The Bertz CT molecular complexity index is 940. The van der Waals surface area contributed by atoms with E-state index >= 15 is 0 Å². The molecule has 0 saturated heterocycles. The predicted octanol–water partition coefficient (Wildman–Crippen LogP) is 2.92. The maximum Gasteiger partial charge on any atom is 0.352 e. The molecule has 0 aliphatic heterocycles. The number of nitrogens with one attached hydrogen (secondary N) is 2. The molecule has 0 amide bonds. The first kappa shape index (κ1) is 14.1. The van der Waals surface area contributed by atoms with E-state index in [4.69, 9.17) is 0 Å². The number of aromatic nitrogens is 2. The van der Waals surface area contributed by atoms with Gasteiger partial charge in [-0.15, -0.1) is 0 Å². The van der Waals surface area contributed by atoms with E-state index < -0.39 is 17.3 Å². The summed E-state index contributed by atoms with van der Waals surface area (Å²) in [5, 5.41) is 9.90. The smallest absolute Gasteiger partial charge is 0.352 e. The number of pyridine rings is 1. The summed E-state index contributed by atoms with van der Waals surface area (Å²) in [5.41, 5.74) is 0.814. The van der Waals surface area contributed by atoms with Gasteiger partial charge in [0.05, 0.1) is 0 Å². The van der Waals surface area contributed by atoms with Crippen LogP contribution in [0.1, 0.15) is 23.0 Å². The molecule has 0 aliphatic rings. The molecule has 0 radical (unpaired) electrons. The molecule has 0 spiro atoms. The number of H-pyrrole nitrogens is 2. The first-order valence-electron chi connectivity index (χ1n) is 6.78. The van der Waals surface area contributed by atoms with Gasteiger partial charge >= 0.3 is 5.97 Å². The van der Waals surface area contributed by atoms with Crippen LogP contribution in [-0.2, 0) is 6.42 Å². The summed E-state index contributed by atoms with van der Waals surface area (Å²) in [7, 11) is 0. The molecule has 5 nitrogen and oxygen atoms in total. The SMILES string of the molecule is CCc1cc2c(-c3ccc[nH]c3=O)c(C(=O)O)[nH]c2cc1F. The zero-order chi connectivity index (χ0) is 15.9. The molecule has 0 unspecified atom stereocenters. The van der Waals surface area contributed by atoms with Gasteiger partial charge in [0.25, 0.3) is 5.56 Å². The zero-order valence-corrected chi connectivity index (χ0v) is 11.7. The number of fused-ring (bicyclic) bond motifs is 1. The Kier molecular flexibility index (Phi) is 3.29. The van der Waals surface area contributed by atoms with Crippen molar-refractivity contribution in [1.82, 2.24) is 9.97 Å². The molecular formula is C16H13FN2O3. The standard InChI is InChI=1S/C16H13FN2O3/c1-2-8-6-10-12(7-11(8)17)19-14(16(21)22)13(10)9-4-3-5-18-15(9)20/h3-7,19H,2H2,1H3,(H,18,20)(H,21,22). The van der Waals surface area contributed by atoms with E-state index in [0.717, 1.165) is 0 Å². The minimum absolute atomic E-state index is 0.126. The van der Waals surface area contributed by atoms with Gasteiger partial charge < -0.3 is 15.1 Å². The van der Waals surface area contributed by atoms with Crippen LogP contribution >= 0.6 is 0 Å². The highest BCUT2D eigenvalue weighted by Gasteiger charge is 2.21. The minimum atomic E-state index is -1.20. The Morgan fingerprint density at radius 2 is 2.14 bits per heavy atom. The van der Waals surface area contributed by atoms with E-state index in [1.54, 1.807) is 18.2 Å². The fourth-order valence-electron chi connectivity index (χ4n) is 2.59. The van der Waals surface area contributed by atoms with E-state index in [1.165, 1.54) is 12.3 Å². The van der Waals surface area contributed by atoms with E-state index in [-0.39, 0.29) is 16.8 Å². The molecule has 22 heavy (non-hydrogen) atoms. The molecule has 3 rings (SSSR count). The van der Waals surface area contributed by atoms with Crippen LogP contribution in [0.2, 0.25) is 0 Å². The number of benzene rings is 1. The molecule has 0 saturated carbocycles. The lowest BCUT2D eigenvalue weighted by molar-refractivity contribution is 0.0692. The first-order chi connectivity index (χ1) is 10.5. The van der Waals surface area contributed by atoms with Gasteiger partial charge in [-0.1, -0.05) is 6.92 Å². The van der Waals surface area contributed by atoms with Crippen molar-refractivity contribution >= 4 is 16.9 Å². The van der Waals surface area contributed by atoms with Crippen molar-refractivity contribution in [2.24, 2.45) is 0 Å². The highest BCUT2D eigenvalue weighted by Crippen LogP contribution is 2.32. The second-order valence-corrected chi connectivity index (χ2v) is 4.94. The Labute approximate surface area is 124 Å². The van der Waals surface area contributed by atoms with Crippen molar-refractivity contribution in [3.63, 3.8) is 0 Å². The van der Waals surface area contributed by atoms with Gasteiger partial charge in [-0.05, 0) is 36.2 Å². The summed E-state index contributed by atoms with van der Waals surface area (Å²) in [4.78, 5) is 28.7. The van der Waals surface area contributed by atoms with E-state index in [2.05, 4.69) is 9.97 Å². The molecule has 0 aliphatic carbocycles. The van der Waals surface area contributed by atoms with Gasteiger partial charge in [0.2, 0.25) is 0 Å². The Morgan fingerprint density at radius 3 is 2.77 bits per heavy atom. The van der Waals surface area contributed by atoms with Crippen LogP contribution in [0, 0.1) is 5.82 Å². The number of hydrogen-bond acceptors (Lipinski definition) is 2. The van der Waals surface area contributed by atoms with Crippen molar-refractivity contribution in [2.75, 3.05) is 0 Å². The number of aromatic amines is 2. The van der Waals surface area contributed by atoms with Gasteiger partial charge in [0.15, 0.2) is 0 Å². The van der Waals surface area contributed by atoms with Crippen LogP contribution in [0.5, 0.6) is 0 Å². The second kappa shape index (κ2) is 5.14. The molecule has 0 atom stereocenters. The Morgan fingerprint density at radius 1 is 1.36 bits per heavy atom. The van der Waals surface area contributed by atoms with Crippen molar-refractivity contribution in [1.29, 1.82) is 0 Å². The third kappa shape index (κ3) is 2.09. The molecule has 3 aromatic rings. The largest absolute Gasteiger partial charge is 0.477 e. The van der Waals surface area contributed by atoms with Gasteiger partial charge in [0.1, 0.15) is 11.5 Å². The lowest BCUT2D eigenvalue weighted by atomic mass is 10.0. The number of carboxylic acid groups (broad SMARTS) is 1. The quantitative estimate of drug-likeness (QED) is 0.695. The zero-order valence-electron chi connectivity index (χ0n) is 11.7. The summed E-state index contributed by atoms with van der Waals surface area (Å²) in [6, 6.07) is 6.02. The summed E-state index contributed by atoms with van der Waals surface area (Å²) in [6.07, 6.45) is 1.94. The number of halogens is 1. The molecule has 3 N–H and O–H groups in total. The summed E-state index contributed by atoms with van der Waals surface area (Å²) in [6.45, 7) is 1.81. The fraction of sp³-hybridized carbons (Fsp3) is 0.125. The molecule has 2 heterocycles. The first-order valence-corrected chi connectivity index (χ1v) is 6.78. The molecular weight excluding hydrogens is 287 g/mol. The third-order valence-corrected chi connectivity index (χ3v) is 3.65. The topological polar surface area (TPSA) is 85.9 Å². The lowest BCUT2D eigenvalue weighted by Crippen LogP contribution is -2.09.